The van der Waals surface area contributed by atoms with E-state index in [1.807, 2.05) is 6.92 Å². The molecule has 0 radical (unpaired) electrons. The molecule has 2 atom stereocenters. The highest BCUT2D eigenvalue weighted by Gasteiger charge is 2.31. The Morgan fingerprint density at radius 1 is 1.26 bits per heavy atom. The average Bonchev–Trinajstić information content (AvgIpc) is 2.33. The first-order valence-electron chi connectivity index (χ1n) is 6.37. The predicted octanol–water partition coefficient (Wildman–Crippen LogP) is 0.603. The van der Waals surface area contributed by atoms with Crippen molar-refractivity contribution < 1.29 is 24.6 Å². The molecule has 0 aromatic carbocycles. The number of carbonyl (C=O) groups is 3. The van der Waals surface area contributed by atoms with Crippen LogP contribution >= 0.6 is 0 Å². The molecule has 7 nitrogen and oxygen atoms in total. The van der Waals surface area contributed by atoms with Gasteiger partial charge < -0.3 is 20.4 Å². The minimum Gasteiger partial charge on any atom is -0.481 e. The van der Waals surface area contributed by atoms with E-state index in [1.54, 1.807) is 0 Å². The van der Waals surface area contributed by atoms with Crippen LogP contribution in [-0.4, -0.2) is 52.7 Å². The van der Waals surface area contributed by atoms with Crippen LogP contribution in [0.5, 0.6) is 0 Å². The maximum Gasteiger partial charge on any atom is 0.317 e. The molecular formula is C12H20N2O5. The summed E-state index contributed by atoms with van der Waals surface area (Å²) in [6, 6.07) is -0.316. The van der Waals surface area contributed by atoms with Crippen LogP contribution in [0.4, 0.5) is 4.79 Å². The van der Waals surface area contributed by atoms with Crippen molar-refractivity contribution >= 4 is 18.0 Å². The predicted molar refractivity (Wildman–Crippen MR) is 66.7 cm³/mol. The number of urea groups is 1. The fraction of sp³-hybridized carbons (Fsp3) is 0.750. The molecule has 1 heterocycles. The molecule has 1 rings (SSSR count). The van der Waals surface area contributed by atoms with Crippen LogP contribution in [-0.2, 0) is 9.59 Å². The summed E-state index contributed by atoms with van der Waals surface area (Å²) in [5.74, 6) is -2.14. The summed E-state index contributed by atoms with van der Waals surface area (Å²) in [6.45, 7) is 2.95. The summed E-state index contributed by atoms with van der Waals surface area (Å²) in [5.41, 5.74) is 0. The van der Waals surface area contributed by atoms with Crippen molar-refractivity contribution in [1.82, 2.24) is 10.2 Å². The van der Waals surface area contributed by atoms with Crippen LogP contribution in [0.3, 0.4) is 0 Å². The van der Waals surface area contributed by atoms with Crippen LogP contribution in [0.2, 0.25) is 0 Å². The Balaban J connectivity index is 2.38. The van der Waals surface area contributed by atoms with Gasteiger partial charge in [-0.15, -0.1) is 0 Å². The first kappa shape index (κ1) is 15.3. The third-order valence-corrected chi connectivity index (χ3v) is 3.14. The van der Waals surface area contributed by atoms with Gasteiger partial charge >= 0.3 is 18.0 Å². The fourth-order valence-corrected chi connectivity index (χ4v) is 2.24. The normalized spacial score (nSPS) is 22.9. The van der Waals surface area contributed by atoms with Gasteiger partial charge in [0.05, 0.1) is 5.92 Å². The van der Waals surface area contributed by atoms with E-state index in [0.717, 1.165) is 0 Å². The molecule has 19 heavy (non-hydrogen) atoms. The number of hydrogen-bond donors (Lipinski definition) is 3. The van der Waals surface area contributed by atoms with Gasteiger partial charge in [0.15, 0.2) is 0 Å². The van der Waals surface area contributed by atoms with Gasteiger partial charge in [-0.3, -0.25) is 9.59 Å². The van der Waals surface area contributed by atoms with Gasteiger partial charge in [-0.1, -0.05) is 6.92 Å². The van der Waals surface area contributed by atoms with Crippen LogP contribution in [0.25, 0.3) is 0 Å². The van der Waals surface area contributed by atoms with Crippen molar-refractivity contribution in [1.29, 1.82) is 0 Å². The lowest BCUT2D eigenvalue weighted by molar-refractivity contribution is -0.143. The van der Waals surface area contributed by atoms with Gasteiger partial charge in [0.1, 0.15) is 0 Å². The largest absolute Gasteiger partial charge is 0.481 e. The first-order valence-corrected chi connectivity index (χ1v) is 6.37. The van der Waals surface area contributed by atoms with E-state index in [9.17, 15) is 14.4 Å². The molecule has 1 saturated heterocycles. The zero-order valence-electron chi connectivity index (χ0n) is 11.0. The van der Waals surface area contributed by atoms with E-state index in [2.05, 4.69) is 5.32 Å². The Hall–Kier alpha value is -1.79. The van der Waals surface area contributed by atoms with Gasteiger partial charge in [0.25, 0.3) is 0 Å². The smallest absolute Gasteiger partial charge is 0.317 e. The number of hydrogen-bond acceptors (Lipinski definition) is 3. The lowest BCUT2D eigenvalue weighted by Gasteiger charge is -2.34. The molecule has 2 amide bonds. The summed E-state index contributed by atoms with van der Waals surface area (Å²) < 4.78 is 0. The zero-order chi connectivity index (χ0) is 14.4. The summed E-state index contributed by atoms with van der Waals surface area (Å²) in [4.78, 5) is 34.6. The number of carboxylic acids is 2. The fourth-order valence-electron chi connectivity index (χ4n) is 2.24. The second kappa shape index (κ2) is 6.96. The first-order chi connectivity index (χ1) is 8.90. The van der Waals surface area contributed by atoms with Crippen molar-refractivity contribution in [3.05, 3.63) is 0 Å². The van der Waals surface area contributed by atoms with E-state index >= 15 is 0 Å². The molecule has 3 N–H and O–H groups in total. The van der Waals surface area contributed by atoms with Gasteiger partial charge in [-0.2, -0.15) is 0 Å². The summed E-state index contributed by atoms with van der Waals surface area (Å²) in [6.07, 6.45) is 0.958. The van der Waals surface area contributed by atoms with Gasteiger partial charge in [0.2, 0.25) is 0 Å². The van der Waals surface area contributed by atoms with Crippen LogP contribution in [0.15, 0.2) is 0 Å². The Morgan fingerprint density at radius 3 is 2.53 bits per heavy atom. The number of piperidine rings is 1. The molecular weight excluding hydrogens is 252 g/mol. The molecule has 1 aliphatic heterocycles. The lowest BCUT2D eigenvalue weighted by Crippen LogP contribution is -2.49. The summed E-state index contributed by atoms with van der Waals surface area (Å²) >= 11 is 0. The SMILES string of the molecule is CC1CC(C(=O)O)CN(C(=O)NCCCC(=O)O)C1. The van der Waals surface area contributed by atoms with E-state index < -0.39 is 17.9 Å². The number of nitrogens with one attached hydrogen (secondary N) is 1. The van der Waals surface area contributed by atoms with Crippen LogP contribution in [0, 0.1) is 11.8 Å². The second-order valence-corrected chi connectivity index (χ2v) is 5.01. The maximum absolute atomic E-state index is 11.8. The minimum atomic E-state index is -0.896. The molecule has 0 aromatic heterocycles. The second-order valence-electron chi connectivity index (χ2n) is 5.01. The number of nitrogens with zero attached hydrogens (tertiary/aromatic N) is 1. The molecule has 0 bridgehead atoms. The van der Waals surface area contributed by atoms with Crippen LogP contribution in [0.1, 0.15) is 26.2 Å². The standard InChI is InChI=1S/C12H20N2O5/c1-8-5-9(11(17)18)7-14(6-8)12(19)13-4-2-3-10(15)16/h8-9H,2-7H2,1H3,(H,13,19)(H,15,16)(H,17,18). The Kier molecular flexibility index (Phi) is 5.59. The van der Waals surface area contributed by atoms with Crippen molar-refractivity contribution in [3.63, 3.8) is 0 Å². The summed E-state index contributed by atoms with van der Waals surface area (Å²) in [7, 11) is 0. The number of carbonyl (C=O) groups excluding carboxylic acids is 1. The molecule has 1 fully saturated rings. The highest BCUT2D eigenvalue weighted by molar-refractivity contribution is 5.76. The summed E-state index contributed by atoms with van der Waals surface area (Å²) in [5, 5.41) is 20.1. The molecule has 108 valence electrons. The topological polar surface area (TPSA) is 107 Å². The van der Waals surface area contributed by atoms with Crippen molar-refractivity contribution in [2.75, 3.05) is 19.6 Å². The molecule has 2 unspecified atom stereocenters. The van der Waals surface area contributed by atoms with Crippen molar-refractivity contribution in [2.45, 2.75) is 26.2 Å². The van der Waals surface area contributed by atoms with Gasteiger partial charge in [-0.05, 0) is 18.8 Å². The quantitative estimate of drug-likeness (QED) is 0.635. The molecule has 0 aliphatic carbocycles. The zero-order valence-corrected chi connectivity index (χ0v) is 11.0. The average molecular weight is 272 g/mol. The molecule has 0 spiro atoms. The Bertz CT molecular complexity index is 358. The third-order valence-electron chi connectivity index (χ3n) is 3.14. The van der Waals surface area contributed by atoms with Crippen molar-refractivity contribution in [2.24, 2.45) is 11.8 Å². The molecule has 0 aromatic rings. The van der Waals surface area contributed by atoms with E-state index in [1.165, 1.54) is 4.90 Å². The van der Waals surface area contributed by atoms with E-state index in [4.69, 9.17) is 10.2 Å². The van der Waals surface area contributed by atoms with E-state index in [-0.39, 0.29) is 31.5 Å². The number of aliphatic carboxylic acids is 2. The number of rotatable bonds is 5. The van der Waals surface area contributed by atoms with Crippen molar-refractivity contribution in [3.8, 4) is 0 Å². The number of likely N-dealkylation sites (tertiary alicyclic amines) is 1. The van der Waals surface area contributed by atoms with E-state index in [0.29, 0.717) is 19.4 Å². The number of carboxylic acid groups (broad SMARTS) is 2. The number of amides is 2. The monoisotopic (exact) mass is 272 g/mol. The molecule has 7 heteroatoms. The van der Waals surface area contributed by atoms with Gasteiger partial charge in [-0.25, -0.2) is 4.79 Å². The highest BCUT2D eigenvalue weighted by Crippen LogP contribution is 2.21. The molecule has 1 aliphatic rings. The third kappa shape index (κ3) is 5.15. The molecule has 0 saturated carbocycles. The lowest BCUT2D eigenvalue weighted by atomic mass is 9.91. The van der Waals surface area contributed by atoms with Gasteiger partial charge in [0, 0.05) is 26.1 Å². The maximum atomic E-state index is 11.8. The minimum absolute atomic E-state index is 0.00837. The Labute approximate surface area is 111 Å². The Morgan fingerprint density at radius 2 is 1.95 bits per heavy atom. The van der Waals surface area contributed by atoms with Crippen LogP contribution < -0.4 is 5.32 Å². The highest BCUT2D eigenvalue weighted by atomic mass is 16.4.